The van der Waals surface area contributed by atoms with Gasteiger partial charge in [-0.25, -0.2) is 9.67 Å². The molecule has 3 aliphatic rings. The van der Waals surface area contributed by atoms with Crippen LogP contribution in [0.25, 0.3) is 0 Å². The molecule has 1 atom stereocenters. The normalized spacial score (nSPS) is 23.3. The molecule has 2 fully saturated rings. The van der Waals surface area contributed by atoms with Crippen LogP contribution in [0.3, 0.4) is 0 Å². The second kappa shape index (κ2) is 6.09. The number of hydrogen-bond acceptors (Lipinski definition) is 4. The Morgan fingerprint density at radius 1 is 1.16 bits per heavy atom. The summed E-state index contributed by atoms with van der Waals surface area (Å²) in [6.07, 6.45) is 12.1. The fourth-order valence-corrected chi connectivity index (χ4v) is 4.41. The molecule has 0 radical (unpaired) electrons. The molecule has 1 saturated heterocycles. The van der Waals surface area contributed by atoms with Crippen LogP contribution in [0.15, 0.2) is 23.3 Å². The zero-order valence-electron chi connectivity index (χ0n) is 14.6. The quantitative estimate of drug-likeness (QED) is 0.835. The van der Waals surface area contributed by atoms with Crippen LogP contribution in [0.5, 0.6) is 0 Å². The van der Waals surface area contributed by atoms with E-state index in [0.717, 1.165) is 50.0 Å². The van der Waals surface area contributed by atoms with Crippen LogP contribution in [0.1, 0.15) is 55.2 Å². The van der Waals surface area contributed by atoms with Crippen molar-refractivity contribution in [2.75, 3.05) is 6.54 Å². The Labute approximate surface area is 147 Å². The first-order valence-electron chi connectivity index (χ1n) is 9.63. The van der Waals surface area contributed by atoms with E-state index in [1.807, 2.05) is 12.3 Å². The van der Waals surface area contributed by atoms with Gasteiger partial charge in [0, 0.05) is 30.5 Å². The van der Waals surface area contributed by atoms with Gasteiger partial charge in [0.2, 0.25) is 0 Å². The van der Waals surface area contributed by atoms with E-state index in [4.69, 9.17) is 0 Å². The predicted octanol–water partition coefficient (Wildman–Crippen LogP) is 1.93. The lowest BCUT2D eigenvalue weighted by molar-refractivity contribution is 0.209. The van der Waals surface area contributed by atoms with Gasteiger partial charge in [0.25, 0.3) is 5.56 Å². The van der Waals surface area contributed by atoms with Crippen molar-refractivity contribution < 1.29 is 0 Å². The molecule has 1 saturated carbocycles. The summed E-state index contributed by atoms with van der Waals surface area (Å²) in [5.74, 6) is 1.17. The smallest absolute Gasteiger partial charge is 0.267 e. The minimum absolute atomic E-state index is 0.0620. The third-order valence-corrected chi connectivity index (χ3v) is 5.94. The van der Waals surface area contributed by atoms with Crippen molar-refractivity contribution in [3.8, 4) is 0 Å². The van der Waals surface area contributed by atoms with Crippen molar-refractivity contribution >= 4 is 0 Å². The van der Waals surface area contributed by atoms with E-state index in [1.54, 1.807) is 4.68 Å². The molecule has 0 N–H and O–H groups in total. The fraction of sp³-hybridized carbons (Fsp3) is 0.632. The number of imidazole rings is 1. The molecule has 3 heterocycles. The number of fused-ring (bicyclic) bond motifs is 1. The van der Waals surface area contributed by atoms with Crippen LogP contribution in [-0.4, -0.2) is 36.8 Å². The Kier molecular flexibility index (Phi) is 3.73. The predicted molar refractivity (Wildman–Crippen MR) is 94.5 cm³/mol. The summed E-state index contributed by atoms with van der Waals surface area (Å²) in [5, 5.41) is 4.66. The first-order chi connectivity index (χ1) is 12.3. The molecule has 25 heavy (non-hydrogen) atoms. The highest BCUT2D eigenvalue weighted by molar-refractivity contribution is 5.22. The lowest BCUT2D eigenvalue weighted by Crippen LogP contribution is -2.37. The maximum absolute atomic E-state index is 12.4. The van der Waals surface area contributed by atoms with E-state index in [0.29, 0.717) is 18.6 Å². The number of aromatic nitrogens is 4. The van der Waals surface area contributed by atoms with Crippen LogP contribution < -0.4 is 5.56 Å². The molecule has 0 spiro atoms. The van der Waals surface area contributed by atoms with Crippen molar-refractivity contribution in [1.82, 2.24) is 24.2 Å². The van der Waals surface area contributed by atoms with Gasteiger partial charge in [-0.2, -0.15) is 5.10 Å². The largest absolute Gasteiger partial charge is 0.331 e. The van der Waals surface area contributed by atoms with Gasteiger partial charge in [-0.1, -0.05) is 0 Å². The van der Waals surface area contributed by atoms with E-state index >= 15 is 0 Å². The van der Waals surface area contributed by atoms with Gasteiger partial charge in [-0.05, 0) is 57.1 Å². The minimum atomic E-state index is 0.0620. The number of nitrogens with zero attached hydrogens (tertiary/aromatic N) is 5. The Morgan fingerprint density at radius 3 is 2.96 bits per heavy atom. The summed E-state index contributed by atoms with van der Waals surface area (Å²) in [5.41, 5.74) is 2.36. The highest BCUT2D eigenvalue weighted by atomic mass is 16.1. The lowest BCUT2D eigenvalue weighted by Gasteiger charge is -2.24. The molecular weight excluding hydrogens is 314 g/mol. The summed E-state index contributed by atoms with van der Waals surface area (Å²) < 4.78 is 4.05. The van der Waals surface area contributed by atoms with Crippen molar-refractivity contribution in [2.24, 2.45) is 0 Å². The van der Waals surface area contributed by atoms with Gasteiger partial charge >= 0.3 is 0 Å². The zero-order valence-corrected chi connectivity index (χ0v) is 14.6. The van der Waals surface area contributed by atoms with Gasteiger partial charge in [0.05, 0.1) is 18.8 Å². The van der Waals surface area contributed by atoms with Crippen molar-refractivity contribution in [1.29, 1.82) is 0 Å². The Balaban J connectivity index is 1.33. The molecule has 2 aliphatic carbocycles. The van der Waals surface area contributed by atoms with Crippen LogP contribution in [0.2, 0.25) is 0 Å². The zero-order chi connectivity index (χ0) is 16.8. The van der Waals surface area contributed by atoms with Crippen LogP contribution in [-0.2, 0) is 25.9 Å². The van der Waals surface area contributed by atoms with Crippen molar-refractivity contribution in [2.45, 2.75) is 70.1 Å². The van der Waals surface area contributed by atoms with Crippen molar-refractivity contribution in [3.05, 3.63) is 45.9 Å². The first-order valence-corrected chi connectivity index (χ1v) is 9.63. The average molecular weight is 339 g/mol. The Bertz CT molecular complexity index is 835. The van der Waals surface area contributed by atoms with E-state index in [9.17, 15) is 4.79 Å². The third-order valence-electron chi connectivity index (χ3n) is 5.94. The Hall–Kier alpha value is -1.95. The molecule has 2 aromatic rings. The number of aryl methyl sites for hydroxylation is 2. The van der Waals surface area contributed by atoms with E-state index in [2.05, 4.69) is 25.7 Å². The Morgan fingerprint density at radius 2 is 2.08 bits per heavy atom. The molecule has 0 aromatic carbocycles. The first kappa shape index (κ1) is 15.3. The SMILES string of the molecule is O=c1cc2c(nn1CC1CCCN1Cc1nccn1C1CC1)CCC2. The highest BCUT2D eigenvalue weighted by Gasteiger charge is 2.30. The standard InChI is InChI=1S/C19H25N5O/c25-19-11-14-3-1-5-17(14)21-24(19)12-16-4-2-9-22(16)13-18-20-8-10-23(18)15-6-7-15/h8,10-11,15-16H,1-7,9,12-13H2. The van der Waals surface area contributed by atoms with Gasteiger partial charge in [-0.3, -0.25) is 9.69 Å². The summed E-state index contributed by atoms with van der Waals surface area (Å²) >= 11 is 0. The van der Waals surface area contributed by atoms with Crippen LogP contribution >= 0.6 is 0 Å². The van der Waals surface area contributed by atoms with Gasteiger partial charge in [-0.15, -0.1) is 0 Å². The monoisotopic (exact) mass is 339 g/mol. The molecule has 1 aliphatic heterocycles. The summed E-state index contributed by atoms with van der Waals surface area (Å²) in [4.78, 5) is 19.5. The maximum Gasteiger partial charge on any atom is 0.267 e. The molecule has 2 aromatic heterocycles. The van der Waals surface area contributed by atoms with Crippen molar-refractivity contribution in [3.63, 3.8) is 0 Å². The molecular formula is C19H25N5O. The highest BCUT2D eigenvalue weighted by Crippen LogP contribution is 2.36. The van der Waals surface area contributed by atoms with E-state index in [-0.39, 0.29) is 5.56 Å². The van der Waals surface area contributed by atoms with Gasteiger partial charge in [0.15, 0.2) is 0 Å². The van der Waals surface area contributed by atoms with E-state index < -0.39 is 0 Å². The minimum Gasteiger partial charge on any atom is -0.331 e. The molecule has 0 bridgehead atoms. The average Bonchev–Trinajstić information content (AvgIpc) is 2.98. The number of hydrogen-bond donors (Lipinski definition) is 0. The molecule has 132 valence electrons. The van der Waals surface area contributed by atoms with Crippen LogP contribution in [0, 0.1) is 0 Å². The summed E-state index contributed by atoms with van der Waals surface area (Å²) in [6, 6.07) is 2.86. The summed E-state index contributed by atoms with van der Waals surface area (Å²) in [6.45, 7) is 2.67. The molecule has 0 amide bonds. The number of rotatable bonds is 5. The fourth-order valence-electron chi connectivity index (χ4n) is 4.41. The number of likely N-dealkylation sites (tertiary alicyclic amines) is 1. The third kappa shape index (κ3) is 2.92. The molecule has 1 unspecified atom stereocenters. The topological polar surface area (TPSA) is 56.0 Å². The lowest BCUT2D eigenvalue weighted by atomic mass is 10.2. The van der Waals surface area contributed by atoms with Crippen LogP contribution in [0.4, 0.5) is 0 Å². The maximum atomic E-state index is 12.4. The van der Waals surface area contributed by atoms with Gasteiger partial charge in [0.1, 0.15) is 5.82 Å². The second-order valence-electron chi connectivity index (χ2n) is 7.74. The summed E-state index contributed by atoms with van der Waals surface area (Å²) in [7, 11) is 0. The molecule has 6 heteroatoms. The van der Waals surface area contributed by atoms with E-state index in [1.165, 1.54) is 25.1 Å². The second-order valence-corrected chi connectivity index (χ2v) is 7.74. The molecule has 6 nitrogen and oxygen atoms in total. The van der Waals surface area contributed by atoms with Gasteiger partial charge < -0.3 is 4.57 Å². The molecule has 5 rings (SSSR count).